The zero-order valence-corrected chi connectivity index (χ0v) is 6.45. The molecular formula is C6H13OP. The molecule has 8 heavy (non-hydrogen) atoms. The highest BCUT2D eigenvalue weighted by molar-refractivity contribution is 7.57. The van der Waals surface area contributed by atoms with E-state index < -0.39 is 0 Å². The van der Waals surface area contributed by atoms with Gasteiger partial charge in [0, 0.05) is 0 Å². The molecule has 1 aliphatic heterocycles. The van der Waals surface area contributed by atoms with Crippen molar-refractivity contribution >= 4 is 7.92 Å². The van der Waals surface area contributed by atoms with Gasteiger partial charge in [-0.25, -0.2) is 0 Å². The molecule has 1 rings (SSSR count). The molecule has 0 N–H and O–H groups in total. The fourth-order valence-electron chi connectivity index (χ4n) is 0.810. The highest BCUT2D eigenvalue weighted by Crippen LogP contribution is 2.38. The van der Waals surface area contributed by atoms with Crippen molar-refractivity contribution in [2.24, 2.45) is 0 Å². The Morgan fingerprint density at radius 2 is 2.38 bits per heavy atom. The van der Waals surface area contributed by atoms with Gasteiger partial charge in [0.15, 0.2) is 0 Å². The molecule has 1 unspecified atom stereocenters. The minimum atomic E-state index is 0.322. The topological polar surface area (TPSA) is 9.23 Å². The van der Waals surface area contributed by atoms with Crippen LogP contribution in [0.5, 0.6) is 0 Å². The third-order valence-electron chi connectivity index (χ3n) is 1.70. The molecule has 0 aliphatic carbocycles. The Morgan fingerprint density at radius 3 is 2.75 bits per heavy atom. The van der Waals surface area contributed by atoms with Crippen LogP contribution in [0.25, 0.3) is 0 Å². The fourth-order valence-corrected chi connectivity index (χ4v) is 2.03. The predicted molar refractivity (Wildman–Crippen MR) is 38.0 cm³/mol. The van der Waals surface area contributed by atoms with Gasteiger partial charge < -0.3 is 4.74 Å². The first kappa shape index (κ1) is 6.51. The van der Waals surface area contributed by atoms with Gasteiger partial charge in [-0.3, -0.25) is 0 Å². The molecular weight excluding hydrogens is 119 g/mol. The number of rotatable bonds is 0. The standard InChI is InChI=1S/C6H13OP/c1-6-5-7-3-4-8(6)2/h6H,3-5H2,1-2H3/t6-,8?/m0/s1. The zero-order chi connectivity index (χ0) is 5.98. The van der Waals surface area contributed by atoms with Gasteiger partial charge in [0.2, 0.25) is 0 Å². The Hall–Kier alpha value is 0.390. The van der Waals surface area contributed by atoms with Gasteiger partial charge in [-0.2, -0.15) is 0 Å². The molecule has 48 valence electrons. The SMILES string of the molecule is C[C@H]1COCCP1C. The molecule has 0 saturated carbocycles. The Bertz CT molecular complexity index is 64.9. The first-order chi connectivity index (χ1) is 3.80. The van der Waals surface area contributed by atoms with E-state index in [0.717, 1.165) is 18.9 Å². The van der Waals surface area contributed by atoms with Crippen LogP contribution < -0.4 is 0 Å². The molecule has 0 amide bonds. The maximum atomic E-state index is 5.27. The fraction of sp³-hybridized carbons (Fsp3) is 1.00. The van der Waals surface area contributed by atoms with Crippen LogP contribution in [-0.4, -0.2) is 31.7 Å². The maximum absolute atomic E-state index is 5.27. The molecule has 0 spiro atoms. The van der Waals surface area contributed by atoms with E-state index >= 15 is 0 Å². The minimum Gasteiger partial charge on any atom is -0.380 e. The minimum absolute atomic E-state index is 0.322. The average Bonchev–Trinajstić information content (AvgIpc) is 1.77. The van der Waals surface area contributed by atoms with Gasteiger partial charge >= 0.3 is 0 Å². The third-order valence-corrected chi connectivity index (χ3v) is 4.24. The molecule has 0 aromatic heterocycles. The summed E-state index contributed by atoms with van der Waals surface area (Å²) in [5, 5.41) is 0. The second kappa shape index (κ2) is 2.80. The van der Waals surface area contributed by atoms with Crippen LogP contribution in [0.1, 0.15) is 6.92 Å². The number of ether oxygens (including phenoxy) is 1. The van der Waals surface area contributed by atoms with Crippen LogP contribution in [0.2, 0.25) is 0 Å². The van der Waals surface area contributed by atoms with Crippen molar-refractivity contribution < 1.29 is 4.74 Å². The number of hydrogen-bond donors (Lipinski definition) is 0. The summed E-state index contributed by atoms with van der Waals surface area (Å²) >= 11 is 0. The van der Waals surface area contributed by atoms with Crippen LogP contribution in [-0.2, 0) is 4.74 Å². The summed E-state index contributed by atoms with van der Waals surface area (Å²) in [5.41, 5.74) is 0.846. The lowest BCUT2D eigenvalue weighted by Gasteiger charge is -2.25. The largest absolute Gasteiger partial charge is 0.380 e. The van der Waals surface area contributed by atoms with Crippen molar-refractivity contribution in [3.05, 3.63) is 0 Å². The molecule has 1 saturated heterocycles. The van der Waals surface area contributed by atoms with Gasteiger partial charge in [-0.15, -0.1) is 7.92 Å². The van der Waals surface area contributed by atoms with E-state index in [2.05, 4.69) is 13.6 Å². The molecule has 0 radical (unpaired) electrons. The lowest BCUT2D eigenvalue weighted by Crippen LogP contribution is -2.19. The molecule has 2 heteroatoms. The second-order valence-electron chi connectivity index (χ2n) is 2.40. The van der Waals surface area contributed by atoms with Crippen molar-refractivity contribution in [3.63, 3.8) is 0 Å². The smallest absolute Gasteiger partial charge is 0.0530 e. The normalized spacial score (nSPS) is 39.8. The van der Waals surface area contributed by atoms with E-state index in [9.17, 15) is 0 Å². The van der Waals surface area contributed by atoms with Gasteiger partial charge in [0.25, 0.3) is 0 Å². The lowest BCUT2D eigenvalue weighted by molar-refractivity contribution is 0.143. The van der Waals surface area contributed by atoms with Crippen LogP contribution in [0, 0.1) is 0 Å². The first-order valence-corrected chi connectivity index (χ1v) is 5.13. The summed E-state index contributed by atoms with van der Waals surface area (Å²) in [6.07, 6.45) is 1.32. The van der Waals surface area contributed by atoms with Crippen molar-refractivity contribution in [3.8, 4) is 0 Å². The quantitative estimate of drug-likeness (QED) is 0.454. The van der Waals surface area contributed by atoms with E-state index in [1.165, 1.54) is 6.16 Å². The third kappa shape index (κ3) is 1.43. The van der Waals surface area contributed by atoms with Crippen LogP contribution >= 0.6 is 7.92 Å². The molecule has 1 aliphatic rings. The molecule has 0 aromatic carbocycles. The van der Waals surface area contributed by atoms with E-state index in [-0.39, 0.29) is 0 Å². The van der Waals surface area contributed by atoms with Gasteiger partial charge in [-0.05, 0) is 18.5 Å². The summed E-state index contributed by atoms with van der Waals surface area (Å²) in [5.74, 6) is 0. The number of hydrogen-bond acceptors (Lipinski definition) is 1. The van der Waals surface area contributed by atoms with Crippen molar-refractivity contribution in [2.45, 2.75) is 12.6 Å². The lowest BCUT2D eigenvalue weighted by atomic mass is 10.5. The average molecular weight is 132 g/mol. The Morgan fingerprint density at radius 1 is 1.62 bits per heavy atom. The molecule has 1 heterocycles. The second-order valence-corrected chi connectivity index (χ2v) is 5.25. The summed E-state index contributed by atoms with van der Waals surface area (Å²) in [7, 11) is 0.322. The van der Waals surface area contributed by atoms with Gasteiger partial charge in [0.1, 0.15) is 0 Å². The summed E-state index contributed by atoms with van der Waals surface area (Å²) in [6.45, 7) is 6.65. The van der Waals surface area contributed by atoms with E-state index in [1.807, 2.05) is 0 Å². The van der Waals surface area contributed by atoms with Crippen molar-refractivity contribution in [2.75, 3.05) is 26.0 Å². The molecule has 1 nitrogen and oxygen atoms in total. The Labute approximate surface area is 52.2 Å². The first-order valence-electron chi connectivity index (χ1n) is 3.08. The van der Waals surface area contributed by atoms with Crippen molar-refractivity contribution in [1.29, 1.82) is 0 Å². The highest BCUT2D eigenvalue weighted by Gasteiger charge is 2.15. The summed E-state index contributed by atoms with van der Waals surface area (Å²) in [4.78, 5) is 0. The predicted octanol–water partition coefficient (Wildman–Crippen LogP) is 1.52. The Kier molecular flexibility index (Phi) is 2.27. The van der Waals surface area contributed by atoms with E-state index in [4.69, 9.17) is 4.74 Å². The molecule has 2 atom stereocenters. The molecule has 0 aromatic rings. The van der Waals surface area contributed by atoms with Gasteiger partial charge in [0.05, 0.1) is 13.2 Å². The molecule has 1 fully saturated rings. The highest BCUT2D eigenvalue weighted by atomic mass is 31.1. The zero-order valence-electron chi connectivity index (χ0n) is 5.55. The van der Waals surface area contributed by atoms with E-state index in [0.29, 0.717) is 7.92 Å². The van der Waals surface area contributed by atoms with Crippen LogP contribution in [0.4, 0.5) is 0 Å². The van der Waals surface area contributed by atoms with Crippen molar-refractivity contribution in [1.82, 2.24) is 0 Å². The monoisotopic (exact) mass is 132 g/mol. The summed E-state index contributed by atoms with van der Waals surface area (Å²) < 4.78 is 5.27. The Balaban J connectivity index is 2.28. The summed E-state index contributed by atoms with van der Waals surface area (Å²) in [6, 6.07) is 0. The maximum Gasteiger partial charge on any atom is 0.0530 e. The van der Waals surface area contributed by atoms with Gasteiger partial charge in [-0.1, -0.05) is 6.92 Å². The van der Waals surface area contributed by atoms with Crippen LogP contribution in [0.15, 0.2) is 0 Å². The molecule has 0 bridgehead atoms. The van der Waals surface area contributed by atoms with Crippen LogP contribution in [0.3, 0.4) is 0 Å². The van der Waals surface area contributed by atoms with E-state index in [1.54, 1.807) is 0 Å².